The number of piperazine rings is 1. The van der Waals surface area contributed by atoms with Crippen LogP contribution in [-0.2, 0) is 6.54 Å². The number of aryl methyl sites for hydroxylation is 1. The first-order valence-corrected chi connectivity index (χ1v) is 12.4. The van der Waals surface area contributed by atoms with E-state index in [1.54, 1.807) is 12.3 Å². The Morgan fingerprint density at radius 2 is 2.03 bits per heavy atom. The molecule has 0 spiro atoms. The number of phenolic OH excluding ortho intramolecular Hbond substituents is 1. The van der Waals surface area contributed by atoms with Crippen LogP contribution in [0, 0.1) is 18.6 Å². The lowest BCUT2D eigenvalue weighted by Gasteiger charge is -2.33. The van der Waals surface area contributed by atoms with E-state index < -0.39 is 17.4 Å². The zero-order chi connectivity index (χ0) is 25.6. The van der Waals surface area contributed by atoms with Crippen LogP contribution >= 0.6 is 11.6 Å². The number of nitrogens with one attached hydrogen (secondary N) is 1. The molecule has 3 aromatic rings. The molecule has 190 valence electrons. The molecule has 2 N–H and O–H groups in total. The fourth-order valence-corrected chi connectivity index (χ4v) is 5.19. The third-order valence-electron chi connectivity index (χ3n) is 6.76. The Balaban J connectivity index is 1.77. The lowest BCUT2D eigenvalue weighted by molar-refractivity contribution is 0.120. The van der Waals surface area contributed by atoms with Gasteiger partial charge >= 0.3 is 0 Å². The zero-order valence-electron chi connectivity index (χ0n) is 20.4. The Kier molecular flexibility index (Phi) is 6.76. The smallest absolute Gasteiger partial charge is 0.175 e. The van der Waals surface area contributed by atoms with Crippen molar-refractivity contribution in [2.75, 3.05) is 26.2 Å². The van der Waals surface area contributed by atoms with Crippen molar-refractivity contribution in [1.82, 2.24) is 15.2 Å². The van der Waals surface area contributed by atoms with Crippen molar-refractivity contribution in [2.24, 2.45) is 0 Å². The summed E-state index contributed by atoms with van der Waals surface area (Å²) in [6.07, 6.45) is 1.69. The molecule has 0 saturated carbocycles. The molecule has 3 heterocycles. The molecule has 5 rings (SSSR count). The standard InChI is InChI=1S/C27H28ClF2N3O3/c1-14(2)24-25(15(3)7-8-32-24)36-27-17-12-33-10-9-31-11-16(33)13-35-26(17)22(28)21(23(27)30)20-18(29)5-4-6-19(20)34/h4-8,14,16,31,34H,9-13H2,1-3H3/t16-/m0/s1. The van der Waals surface area contributed by atoms with Crippen LogP contribution in [0.2, 0.25) is 5.02 Å². The summed E-state index contributed by atoms with van der Waals surface area (Å²) in [7, 11) is 0. The Morgan fingerprint density at radius 3 is 2.78 bits per heavy atom. The molecular weight excluding hydrogens is 488 g/mol. The number of rotatable bonds is 4. The van der Waals surface area contributed by atoms with Gasteiger partial charge in [0.1, 0.15) is 23.9 Å². The van der Waals surface area contributed by atoms with Crippen LogP contribution < -0.4 is 14.8 Å². The van der Waals surface area contributed by atoms with Gasteiger partial charge in [-0.25, -0.2) is 8.78 Å². The molecule has 1 aromatic heterocycles. The van der Waals surface area contributed by atoms with Gasteiger partial charge in [-0.3, -0.25) is 9.88 Å². The minimum Gasteiger partial charge on any atom is -0.507 e. The van der Waals surface area contributed by atoms with E-state index in [0.717, 1.165) is 24.7 Å². The van der Waals surface area contributed by atoms with Gasteiger partial charge in [0.2, 0.25) is 0 Å². The maximum absolute atomic E-state index is 16.5. The molecule has 1 atom stereocenters. The number of aromatic nitrogens is 1. The maximum Gasteiger partial charge on any atom is 0.175 e. The van der Waals surface area contributed by atoms with Crippen molar-refractivity contribution in [1.29, 1.82) is 0 Å². The number of pyridine rings is 1. The summed E-state index contributed by atoms with van der Waals surface area (Å²) >= 11 is 6.72. The molecule has 0 amide bonds. The van der Waals surface area contributed by atoms with E-state index in [-0.39, 0.29) is 39.6 Å². The minimum absolute atomic E-state index is 0.0118. The number of phenols is 1. The number of benzene rings is 2. The lowest BCUT2D eigenvalue weighted by atomic mass is 9.98. The monoisotopic (exact) mass is 515 g/mol. The largest absolute Gasteiger partial charge is 0.507 e. The molecule has 1 saturated heterocycles. The van der Waals surface area contributed by atoms with Gasteiger partial charge in [-0.15, -0.1) is 0 Å². The molecule has 6 nitrogen and oxygen atoms in total. The quantitative estimate of drug-likeness (QED) is 0.459. The maximum atomic E-state index is 16.5. The van der Waals surface area contributed by atoms with E-state index in [9.17, 15) is 9.50 Å². The van der Waals surface area contributed by atoms with Crippen LogP contribution in [0.5, 0.6) is 23.0 Å². The summed E-state index contributed by atoms with van der Waals surface area (Å²) in [5.74, 6) is -1.54. The second kappa shape index (κ2) is 9.84. The summed E-state index contributed by atoms with van der Waals surface area (Å²) in [5, 5.41) is 13.7. The zero-order valence-corrected chi connectivity index (χ0v) is 21.1. The molecular formula is C27H28ClF2N3O3. The normalized spacial score (nSPS) is 17.8. The fraction of sp³-hybridized carbons (Fsp3) is 0.370. The number of nitrogens with zero attached hydrogens (tertiary/aromatic N) is 2. The van der Waals surface area contributed by atoms with E-state index >= 15 is 4.39 Å². The van der Waals surface area contributed by atoms with Gasteiger partial charge in [0.25, 0.3) is 0 Å². The van der Waals surface area contributed by atoms with Gasteiger partial charge in [-0.2, -0.15) is 0 Å². The highest BCUT2D eigenvalue weighted by Crippen LogP contribution is 2.51. The Labute approximate surface area is 213 Å². The third kappa shape index (κ3) is 4.27. The van der Waals surface area contributed by atoms with Crippen LogP contribution in [0.3, 0.4) is 0 Å². The molecule has 1 fully saturated rings. The topological polar surface area (TPSA) is 66.9 Å². The average molecular weight is 516 g/mol. The number of ether oxygens (including phenoxy) is 2. The van der Waals surface area contributed by atoms with Crippen molar-refractivity contribution in [2.45, 2.75) is 39.3 Å². The van der Waals surface area contributed by atoms with Crippen molar-refractivity contribution in [3.63, 3.8) is 0 Å². The van der Waals surface area contributed by atoms with Gasteiger partial charge in [0.05, 0.1) is 33.4 Å². The highest BCUT2D eigenvalue weighted by atomic mass is 35.5. The number of fused-ring (bicyclic) bond motifs is 2. The number of aromatic hydroxyl groups is 1. The number of hydrogen-bond donors (Lipinski definition) is 2. The van der Waals surface area contributed by atoms with Crippen LogP contribution in [0.25, 0.3) is 11.1 Å². The first-order valence-electron chi connectivity index (χ1n) is 12.0. The highest BCUT2D eigenvalue weighted by Gasteiger charge is 2.35. The first-order chi connectivity index (χ1) is 17.3. The molecule has 0 bridgehead atoms. The highest BCUT2D eigenvalue weighted by molar-refractivity contribution is 6.35. The summed E-state index contributed by atoms with van der Waals surface area (Å²) in [4.78, 5) is 6.66. The minimum atomic E-state index is -0.866. The van der Waals surface area contributed by atoms with E-state index in [4.69, 9.17) is 21.1 Å². The predicted octanol–water partition coefficient (Wildman–Crippen LogP) is 5.78. The molecule has 9 heteroatoms. The van der Waals surface area contributed by atoms with Crippen molar-refractivity contribution < 1.29 is 23.4 Å². The number of hydrogen-bond acceptors (Lipinski definition) is 6. The van der Waals surface area contributed by atoms with E-state index in [1.807, 2.05) is 20.8 Å². The molecule has 0 aliphatic carbocycles. The van der Waals surface area contributed by atoms with Gasteiger partial charge in [0.15, 0.2) is 17.3 Å². The number of halogens is 3. The van der Waals surface area contributed by atoms with Gasteiger partial charge in [-0.05, 0) is 36.6 Å². The molecule has 2 aromatic carbocycles. The molecule has 2 aliphatic rings. The predicted molar refractivity (Wildman–Crippen MR) is 134 cm³/mol. The van der Waals surface area contributed by atoms with Crippen LogP contribution in [0.15, 0.2) is 30.5 Å². The van der Waals surface area contributed by atoms with Crippen molar-refractivity contribution >= 4 is 11.6 Å². The summed E-state index contributed by atoms with van der Waals surface area (Å²) in [6, 6.07) is 5.62. The molecule has 0 unspecified atom stereocenters. The van der Waals surface area contributed by atoms with Gasteiger partial charge < -0.3 is 19.9 Å². The summed E-state index contributed by atoms with van der Waals surface area (Å²) in [5.41, 5.74) is 1.25. The Morgan fingerprint density at radius 1 is 1.22 bits per heavy atom. The molecule has 2 aliphatic heterocycles. The van der Waals surface area contributed by atoms with Gasteiger partial charge in [0, 0.05) is 32.4 Å². The third-order valence-corrected chi connectivity index (χ3v) is 7.12. The Bertz CT molecular complexity index is 1300. The summed E-state index contributed by atoms with van der Waals surface area (Å²) in [6.45, 7) is 8.72. The van der Waals surface area contributed by atoms with Crippen LogP contribution in [0.1, 0.15) is 36.6 Å². The van der Waals surface area contributed by atoms with Crippen LogP contribution in [0.4, 0.5) is 8.78 Å². The Hall–Kier alpha value is -2.94. The average Bonchev–Trinajstić information content (AvgIpc) is 3.04. The van der Waals surface area contributed by atoms with E-state index in [1.165, 1.54) is 12.1 Å². The molecule has 36 heavy (non-hydrogen) atoms. The lowest BCUT2D eigenvalue weighted by Crippen LogP contribution is -2.52. The second-order valence-electron chi connectivity index (χ2n) is 9.51. The molecule has 0 radical (unpaired) electrons. The van der Waals surface area contributed by atoms with Gasteiger partial charge in [-0.1, -0.05) is 31.5 Å². The first kappa shape index (κ1) is 24.7. The summed E-state index contributed by atoms with van der Waals surface area (Å²) < 4.78 is 43.9. The van der Waals surface area contributed by atoms with Crippen molar-refractivity contribution in [3.05, 3.63) is 63.9 Å². The van der Waals surface area contributed by atoms with E-state index in [2.05, 4.69) is 15.2 Å². The fourth-order valence-electron chi connectivity index (χ4n) is 4.84. The second-order valence-corrected chi connectivity index (χ2v) is 9.89. The van der Waals surface area contributed by atoms with Crippen LogP contribution in [-0.4, -0.2) is 47.3 Å². The SMILES string of the molecule is Cc1ccnc(C(C)C)c1Oc1c(F)c(-c2c(O)cccc2F)c(Cl)c2c1CN1CCNC[C@H]1CO2. The van der Waals surface area contributed by atoms with Crippen molar-refractivity contribution in [3.8, 4) is 34.1 Å². The van der Waals surface area contributed by atoms with E-state index in [0.29, 0.717) is 36.7 Å².